The van der Waals surface area contributed by atoms with Gasteiger partial charge >= 0.3 is 0 Å². The van der Waals surface area contributed by atoms with Gasteiger partial charge in [0.2, 0.25) is 0 Å². The Kier molecular flexibility index (Phi) is 3.68. The van der Waals surface area contributed by atoms with Crippen LogP contribution in [0, 0.1) is 6.92 Å². The summed E-state index contributed by atoms with van der Waals surface area (Å²) in [6, 6.07) is 7.79. The Balaban J connectivity index is 1.69. The van der Waals surface area contributed by atoms with Gasteiger partial charge in [-0.1, -0.05) is 11.6 Å². The van der Waals surface area contributed by atoms with Crippen molar-refractivity contribution in [1.82, 2.24) is 19.4 Å². The lowest BCUT2D eigenvalue weighted by Gasteiger charge is -2.33. The van der Waals surface area contributed by atoms with Gasteiger partial charge in [0.1, 0.15) is 5.60 Å². The molecule has 5 rings (SSSR count). The molecule has 5 heteroatoms. The average molecular weight is 362 g/mol. The molecule has 1 N–H and O–H groups in total. The summed E-state index contributed by atoms with van der Waals surface area (Å²) < 4.78 is 2.34. The fraction of sp³-hybridized carbons (Fsp3) is 0.455. The molecular weight excluding hydrogens is 336 g/mol. The largest absolute Gasteiger partial charge is 0.382 e. The molecule has 27 heavy (non-hydrogen) atoms. The molecule has 1 saturated heterocycles. The van der Waals surface area contributed by atoms with Gasteiger partial charge in [-0.25, -0.2) is 0 Å². The smallest absolute Gasteiger partial charge is 0.123 e. The summed E-state index contributed by atoms with van der Waals surface area (Å²) in [5.41, 5.74) is 4.91. The Morgan fingerprint density at radius 3 is 2.89 bits per heavy atom. The van der Waals surface area contributed by atoms with Crippen LogP contribution in [0.4, 0.5) is 0 Å². The van der Waals surface area contributed by atoms with Crippen LogP contribution in [-0.4, -0.2) is 37.6 Å². The maximum absolute atomic E-state index is 11.2. The fourth-order valence-electron chi connectivity index (χ4n) is 5.12. The van der Waals surface area contributed by atoms with Gasteiger partial charge in [-0.15, -0.1) is 0 Å². The van der Waals surface area contributed by atoms with E-state index < -0.39 is 5.60 Å². The van der Waals surface area contributed by atoms with Crippen molar-refractivity contribution in [2.24, 2.45) is 0 Å². The molecule has 3 aromatic rings. The lowest BCUT2D eigenvalue weighted by molar-refractivity contribution is 0.0334. The molecule has 2 bridgehead atoms. The van der Waals surface area contributed by atoms with Crippen molar-refractivity contribution in [2.75, 3.05) is 7.05 Å². The topological polar surface area (TPSA) is 54.2 Å². The van der Waals surface area contributed by atoms with Crippen molar-refractivity contribution in [3.05, 3.63) is 59.3 Å². The number of aromatic nitrogens is 3. The van der Waals surface area contributed by atoms with Gasteiger partial charge in [0.05, 0.1) is 18.4 Å². The third-order valence-corrected chi connectivity index (χ3v) is 6.55. The number of aliphatic hydroxyl groups is 1. The number of benzene rings is 1. The van der Waals surface area contributed by atoms with Crippen LogP contribution in [-0.2, 0) is 18.6 Å². The summed E-state index contributed by atoms with van der Waals surface area (Å²) in [6.45, 7) is 4.49. The van der Waals surface area contributed by atoms with Gasteiger partial charge in [-0.3, -0.25) is 14.9 Å². The van der Waals surface area contributed by atoms with Gasteiger partial charge in [0.25, 0.3) is 0 Å². The third kappa shape index (κ3) is 2.52. The highest BCUT2D eigenvalue weighted by Crippen LogP contribution is 2.47. The van der Waals surface area contributed by atoms with Crippen molar-refractivity contribution < 1.29 is 5.11 Å². The SMILES string of the molecule is Cc1ccc2c(c1)c1c(n2CC(C)(O)c2cnccn2)CC2CCC1N2C. The molecule has 0 spiro atoms. The van der Waals surface area contributed by atoms with E-state index >= 15 is 0 Å². The first kappa shape index (κ1) is 16.9. The van der Waals surface area contributed by atoms with E-state index in [0.717, 1.165) is 6.42 Å². The highest BCUT2D eigenvalue weighted by atomic mass is 16.3. The Labute approximate surface area is 159 Å². The molecule has 1 fully saturated rings. The first-order valence-corrected chi connectivity index (χ1v) is 9.78. The molecule has 2 aliphatic heterocycles. The van der Waals surface area contributed by atoms with E-state index in [0.29, 0.717) is 24.3 Å². The molecule has 0 saturated carbocycles. The Morgan fingerprint density at radius 2 is 2.11 bits per heavy atom. The van der Waals surface area contributed by atoms with E-state index in [1.807, 2.05) is 6.92 Å². The molecule has 1 aromatic carbocycles. The van der Waals surface area contributed by atoms with Crippen molar-refractivity contribution in [1.29, 1.82) is 0 Å². The molecule has 5 nitrogen and oxygen atoms in total. The summed E-state index contributed by atoms with van der Waals surface area (Å²) in [6.07, 6.45) is 8.48. The van der Waals surface area contributed by atoms with Gasteiger partial charge in [-0.2, -0.15) is 0 Å². The second-order valence-electron chi connectivity index (χ2n) is 8.45. The van der Waals surface area contributed by atoms with Gasteiger partial charge in [0.15, 0.2) is 0 Å². The maximum Gasteiger partial charge on any atom is 0.123 e. The minimum atomic E-state index is -1.07. The van der Waals surface area contributed by atoms with E-state index in [1.54, 1.807) is 18.6 Å². The van der Waals surface area contributed by atoms with Crippen LogP contribution in [0.1, 0.15) is 48.3 Å². The second kappa shape index (κ2) is 5.88. The van der Waals surface area contributed by atoms with E-state index in [1.165, 1.54) is 40.6 Å². The van der Waals surface area contributed by atoms with E-state index in [2.05, 4.69) is 51.6 Å². The number of likely N-dealkylation sites (N-methyl/N-ethyl adjacent to an activating group) is 1. The summed E-state index contributed by atoms with van der Waals surface area (Å²) in [4.78, 5) is 11.1. The predicted octanol–water partition coefficient (Wildman–Crippen LogP) is 3.34. The highest BCUT2D eigenvalue weighted by molar-refractivity contribution is 5.87. The van der Waals surface area contributed by atoms with Crippen molar-refractivity contribution in [3.63, 3.8) is 0 Å². The lowest BCUT2D eigenvalue weighted by atomic mass is 9.96. The van der Waals surface area contributed by atoms with Crippen LogP contribution < -0.4 is 0 Å². The number of fused-ring (bicyclic) bond motifs is 6. The molecule has 0 amide bonds. The van der Waals surface area contributed by atoms with Crippen LogP contribution >= 0.6 is 0 Å². The van der Waals surface area contributed by atoms with Crippen molar-refractivity contribution >= 4 is 10.9 Å². The van der Waals surface area contributed by atoms with Crippen LogP contribution in [0.3, 0.4) is 0 Å². The Hall–Kier alpha value is -2.24. The summed E-state index contributed by atoms with van der Waals surface area (Å²) in [5, 5.41) is 12.6. The van der Waals surface area contributed by atoms with Crippen molar-refractivity contribution in [3.8, 4) is 0 Å². The molecule has 0 radical (unpaired) electrons. The molecular formula is C22H26N4O. The maximum atomic E-state index is 11.2. The van der Waals surface area contributed by atoms with Crippen LogP contribution in [0.15, 0.2) is 36.8 Å². The number of aryl methyl sites for hydroxylation is 1. The molecule has 4 heterocycles. The first-order chi connectivity index (χ1) is 13.0. The minimum absolute atomic E-state index is 0.490. The summed E-state index contributed by atoms with van der Waals surface area (Å²) in [7, 11) is 2.26. The second-order valence-corrected chi connectivity index (χ2v) is 8.45. The van der Waals surface area contributed by atoms with Crippen LogP contribution in [0.25, 0.3) is 10.9 Å². The van der Waals surface area contributed by atoms with Gasteiger partial charge in [-0.05, 0) is 51.4 Å². The average Bonchev–Trinajstić information content (AvgIpc) is 3.06. The summed E-state index contributed by atoms with van der Waals surface area (Å²) in [5.74, 6) is 0. The molecule has 2 aliphatic rings. The zero-order valence-electron chi connectivity index (χ0n) is 16.2. The van der Waals surface area contributed by atoms with Crippen molar-refractivity contribution in [2.45, 2.75) is 57.3 Å². The minimum Gasteiger partial charge on any atom is -0.382 e. The lowest BCUT2D eigenvalue weighted by Crippen LogP contribution is -2.36. The van der Waals surface area contributed by atoms with Crippen LogP contribution in [0.5, 0.6) is 0 Å². The van der Waals surface area contributed by atoms with E-state index in [-0.39, 0.29) is 0 Å². The third-order valence-electron chi connectivity index (χ3n) is 6.55. The predicted molar refractivity (Wildman–Crippen MR) is 106 cm³/mol. The number of nitrogens with zero attached hydrogens (tertiary/aromatic N) is 4. The van der Waals surface area contributed by atoms with Gasteiger partial charge in [0, 0.05) is 47.5 Å². The normalized spacial score (nSPS) is 24.1. The molecule has 140 valence electrons. The molecule has 3 atom stereocenters. The van der Waals surface area contributed by atoms with Gasteiger partial charge < -0.3 is 9.67 Å². The molecule has 3 unspecified atom stereocenters. The Bertz CT molecular complexity index is 1010. The summed E-state index contributed by atoms with van der Waals surface area (Å²) >= 11 is 0. The molecule has 0 aliphatic carbocycles. The first-order valence-electron chi connectivity index (χ1n) is 9.78. The van der Waals surface area contributed by atoms with E-state index in [9.17, 15) is 5.11 Å². The standard InChI is InChI=1S/C22H26N4O/c1-14-4-6-17-16(10-14)21-18-7-5-15(25(18)3)11-19(21)26(17)13-22(2,27)20-12-23-8-9-24-20/h4,6,8-10,12,15,18,27H,5,7,11,13H2,1-3H3. The fourth-order valence-corrected chi connectivity index (χ4v) is 5.12. The molecule has 2 aromatic heterocycles. The Morgan fingerprint density at radius 1 is 1.26 bits per heavy atom. The monoisotopic (exact) mass is 362 g/mol. The van der Waals surface area contributed by atoms with E-state index in [4.69, 9.17) is 0 Å². The zero-order chi connectivity index (χ0) is 18.8. The number of rotatable bonds is 3. The number of hydrogen-bond donors (Lipinski definition) is 1. The quantitative estimate of drug-likeness (QED) is 0.776. The highest BCUT2D eigenvalue weighted by Gasteiger charge is 2.41. The van der Waals surface area contributed by atoms with Crippen LogP contribution in [0.2, 0.25) is 0 Å². The zero-order valence-corrected chi connectivity index (χ0v) is 16.2. The number of hydrogen-bond acceptors (Lipinski definition) is 4.